The smallest absolute Gasteiger partial charge is 0.257 e. The Bertz CT molecular complexity index is 458. The maximum Gasteiger partial charge on any atom is 0.257 e. The fraction of sp³-hybridized carbons (Fsp3) is 0.571. The molecule has 5 heteroatoms. The van der Waals surface area contributed by atoms with Gasteiger partial charge in [-0.05, 0) is 32.1 Å². The molecule has 1 aromatic heterocycles. The highest BCUT2D eigenvalue weighted by atomic mass is 32.2. The fourth-order valence-electron chi connectivity index (χ4n) is 2.25. The first-order valence-electron chi connectivity index (χ1n) is 6.69. The summed E-state index contributed by atoms with van der Waals surface area (Å²) in [7, 11) is 1.90. The van der Waals surface area contributed by atoms with Gasteiger partial charge in [0, 0.05) is 37.3 Å². The minimum Gasteiger partial charge on any atom is -0.385 e. The van der Waals surface area contributed by atoms with E-state index in [4.69, 9.17) is 0 Å². The Morgan fingerprint density at radius 1 is 1.63 bits per heavy atom. The third kappa shape index (κ3) is 3.21. The van der Waals surface area contributed by atoms with E-state index in [0.29, 0.717) is 11.6 Å². The van der Waals surface area contributed by atoms with Gasteiger partial charge in [-0.25, -0.2) is 0 Å². The fourth-order valence-corrected chi connectivity index (χ4v) is 3.52. The lowest BCUT2D eigenvalue weighted by Crippen LogP contribution is -2.37. The second-order valence-electron chi connectivity index (χ2n) is 4.84. The van der Waals surface area contributed by atoms with E-state index in [9.17, 15) is 4.79 Å². The van der Waals surface area contributed by atoms with Crippen molar-refractivity contribution in [2.45, 2.75) is 26.3 Å². The predicted octanol–water partition coefficient (Wildman–Crippen LogP) is 2.40. The van der Waals surface area contributed by atoms with E-state index in [0.717, 1.165) is 35.9 Å². The van der Waals surface area contributed by atoms with Gasteiger partial charge in [-0.1, -0.05) is 0 Å². The zero-order valence-corrected chi connectivity index (χ0v) is 12.6. The molecular weight excluding hydrogens is 258 g/mol. The van der Waals surface area contributed by atoms with Crippen molar-refractivity contribution < 1.29 is 4.79 Å². The molecule has 0 bridgehead atoms. The van der Waals surface area contributed by atoms with Gasteiger partial charge >= 0.3 is 0 Å². The Kier molecular flexibility index (Phi) is 4.69. The van der Waals surface area contributed by atoms with Crippen LogP contribution in [0.2, 0.25) is 0 Å². The molecule has 4 nitrogen and oxygen atoms in total. The minimum absolute atomic E-state index is 0.0657. The number of nitrogens with zero attached hydrogens (tertiary/aromatic N) is 2. The van der Waals surface area contributed by atoms with Gasteiger partial charge in [-0.15, -0.1) is 0 Å². The number of aromatic nitrogens is 1. The van der Waals surface area contributed by atoms with Crippen LogP contribution in [0.3, 0.4) is 0 Å². The molecule has 1 unspecified atom stereocenters. The van der Waals surface area contributed by atoms with Crippen molar-refractivity contribution in [1.82, 2.24) is 9.88 Å². The molecule has 0 radical (unpaired) electrons. The molecule has 0 aromatic carbocycles. The first-order valence-corrected chi connectivity index (χ1v) is 7.84. The van der Waals surface area contributed by atoms with Crippen molar-refractivity contribution in [2.75, 3.05) is 30.4 Å². The van der Waals surface area contributed by atoms with Gasteiger partial charge in [0.1, 0.15) is 0 Å². The van der Waals surface area contributed by atoms with E-state index in [-0.39, 0.29) is 5.91 Å². The molecule has 2 heterocycles. The van der Waals surface area contributed by atoms with Gasteiger partial charge in [0.25, 0.3) is 5.91 Å². The summed E-state index contributed by atoms with van der Waals surface area (Å²) in [6.45, 7) is 4.76. The van der Waals surface area contributed by atoms with E-state index in [2.05, 4.69) is 10.3 Å². The number of carbonyl (C=O) groups is 1. The van der Waals surface area contributed by atoms with E-state index < -0.39 is 0 Å². The number of nitrogens with one attached hydrogen (secondary N) is 1. The van der Waals surface area contributed by atoms with E-state index in [1.807, 2.05) is 43.6 Å². The number of hydrogen-bond acceptors (Lipinski definition) is 4. The minimum atomic E-state index is 0.0657. The Balaban J connectivity index is 2.22. The van der Waals surface area contributed by atoms with Crippen LogP contribution < -0.4 is 5.32 Å². The standard InChI is InChI=1S/C14H21N3OS/c1-4-15-13-7-10(2)16-8-12(13)14(18)17(3)11-5-6-19-9-11/h7-8,11H,4-6,9H2,1-3H3,(H,15,16). The quantitative estimate of drug-likeness (QED) is 0.919. The van der Waals surface area contributed by atoms with Crippen LogP contribution in [0.15, 0.2) is 12.3 Å². The third-order valence-electron chi connectivity index (χ3n) is 3.41. The molecular formula is C14H21N3OS. The van der Waals surface area contributed by atoms with Crippen molar-refractivity contribution in [3.63, 3.8) is 0 Å². The molecule has 1 fully saturated rings. The second kappa shape index (κ2) is 6.28. The molecule has 104 valence electrons. The van der Waals surface area contributed by atoms with Gasteiger partial charge < -0.3 is 10.2 Å². The third-order valence-corrected chi connectivity index (χ3v) is 4.56. The highest BCUT2D eigenvalue weighted by molar-refractivity contribution is 7.99. The first-order chi connectivity index (χ1) is 9.13. The molecule has 0 spiro atoms. The van der Waals surface area contributed by atoms with Crippen LogP contribution in [-0.4, -0.2) is 46.9 Å². The maximum absolute atomic E-state index is 12.6. The monoisotopic (exact) mass is 279 g/mol. The summed E-state index contributed by atoms with van der Waals surface area (Å²) in [5, 5.41) is 3.25. The van der Waals surface area contributed by atoms with Gasteiger partial charge in [-0.3, -0.25) is 9.78 Å². The van der Waals surface area contributed by atoms with Gasteiger partial charge in [0.05, 0.1) is 11.3 Å². The molecule has 1 N–H and O–H groups in total. The Labute approximate surface area is 119 Å². The van der Waals surface area contributed by atoms with Crippen LogP contribution in [0.25, 0.3) is 0 Å². The van der Waals surface area contributed by atoms with Crippen molar-refractivity contribution in [3.8, 4) is 0 Å². The van der Waals surface area contributed by atoms with E-state index >= 15 is 0 Å². The average molecular weight is 279 g/mol. The predicted molar refractivity (Wildman–Crippen MR) is 81.0 cm³/mol. The molecule has 0 saturated carbocycles. The number of carbonyl (C=O) groups excluding carboxylic acids is 1. The molecule has 1 aliphatic heterocycles. The summed E-state index contributed by atoms with van der Waals surface area (Å²) in [6.07, 6.45) is 2.77. The largest absolute Gasteiger partial charge is 0.385 e. The number of rotatable bonds is 4. The zero-order chi connectivity index (χ0) is 13.8. The molecule has 1 amide bonds. The van der Waals surface area contributed by atoms with Crippen LogP contribution in [0.4, 0.5) is 5.69 Å². The van der Waals surface area contributed by atoms with Crippen LogP contribution in [-0.2, 0) is 0 Å². The number of hydrogen-bond donors (Lipinski definition) is 1. The van der Waals surface area contributed by atoms with Gasteiger partial charge in [-0.2, -0.15) is 11.8 Å². The molecule has 19 heavy (non-hydrogen) atoms. The average Bonchev–Trinajstić information content (AvgIpc) is 2.91. The summed E-state index contributed by atoms with van der Waals surface area (Å²) in [6, 6.07) is 2.29. The maximum atomic E-state index is 12.6. The zero-order valence-electron chi connectivity index (χ0n) is 11.8. The molecule has 1 aliphatic rings. The summed E-state index contributed by atoms with van der Waals surface area (Å²) < 4.78 is 0. The summed E-state index contributed by atoms with van der Waals surface area (Å²) in [5.74, 6) is 2.25. The topological polar surface area (TPSA) is 45.2 Å². The number of amides is 1. The normalized spacial score (nSPS) is 18.4. The van der Waals surface area contributed by atoms with Crippen LogP contribution in [0.5, 0.6) is 0 Å². The molecule has 1 aromatic rings. The Morgan fingerprint density at radius 2 is 2.42 bits per heavy atom. The summed E-state index contributed by atoms with van der Waals surface area (Å²) in [5.41, 5.74) is 2.48. The molecule has 1 saturated heterocycles. The van der Waals surface area contributed by atoms with Crippen molar-refractivity contribution in [2.24, 2.45) is 0 Å². The molecule has 1 atom stereocenters. The molecule has 2 rings (SSSR count). The van der Waals surface area contributed by atoms with Crippen LogP contribution in [0, 0.1) is 6.92 Å². The number of pyridine rings is 1. The Morgan fingerprint density at radius 3 is 3.05 bits per heavy atom. The van der Waals surface area contributed by atoms with Gasteiger partial charge in [0.15, 0.2) is 0 Å². The van der Waals surface area contributed by atoms with Crippen molar-refractivity contribution >= 4 is 23.4 Å². The molecule has 0 aliphatic carbocycles. The lowest BCUT2D eigenvalue weighted by Gasteiger charge is -2.25. The van der Waals surface area contributed by atoms with E-state index in [1.54, 1.807) is 6.20 Å². The number of thioether (sulfide) groups is 1. The lowest BCUT2D eigenvalue weighted by atomic mass is 10.1. The number of aryl methyl sites for hydroxylation is 1. The van der Waals surface area contributed by atoms with Crippen LogP contribution in [0.1, 0.15) is 29.4 Å². The lowest BCUT2D eigenvalue weighted by molar-refractivity contribution is 0.0748. The Hall–Kier alpha value is -1.23. The number of anilines is 1. The SMILES string of the molecule is CCNc1cc(C)ncc1C(=O)N(C)C1CCSC1. The summed E-state index contributed by atoms with van der Waals surface area (Å²) >= 11 is 1.91. The highest BCUT2D eigenvalue weighted by Crippen LogP contribution is 2.24. The first kappa shape index (κ1) is 14.2. The van der Waals surface area contributed by atoms with Gasteiger partial charge in [0.2, 0.25) is 0 Å². The summed E-state index contributed by atoms with van der Waals surface area (Å²) in [4.78, 5) is 18.7. The van der Waals surface area contributed by atoms with Crippen molar-refractivity contribution in [1.29, 1.82) is 0 Å². The van der Waals surface area contributed by atoms with E-state index in [1.165, 1.54) is 0 Å². The second-order valence-corrected chi connectivity index (χ2v) is 5.98. The van der Waals surface area contributed by atoms with Crippen LogP contribution >= 0.6 is 11.8 Å². The highest BCUT2D eigenvalue weighted by Gasteiger charge is 2.26. The van der Waals surface area contributed by atoms with Crippen molar-refractivity contribution in [3.05, 3.63) is 23.5 Å².